The molecule has 1 heterocycles. The Balaban J connectivity index is 1.78. The molecule has 3 rings (SSSR count). The Labute approximate surface area is 120 Å². The van der Waals surface area contributed by atoms with Crippen LogP contribution in [0, 0.1) is 0 Å². The van der Waals surface area contributed by atoms with Crippen molar-refractivity contribution < 1.29 is 5.11 Å². The van der Waals surface area contributed by atoms with Gasteiger partial charge in [0.2, 0.25) is 0 Å². The summed E-state index contributed by atoms with van der Waals surface area (Å²) in [6, 6.07) is 2.28. The van der Waals surface area contributed by atoms with Crippen LogP contribution < -0.4 is 0 Å². The van der Waals surface area contributed by atoms with Gasteiger partial charge in [-0.05, 0) is 68.6 Å². The molecule has 0 spiro atoms. The zero-order valence-electron chi connectivity index (χ0n) is 11.7. The standard InChI is InChI=1S/C17H24OS/c18-17(13-8-4-2-1-3-5-9-13)16-12-14-10-6-7-11-15(14)19-16/h8,12,17-18H,1-7,9-11H2. The van der Waals surface area contributed by atoms with E-state index in [1.54, 1.807) is 0 Å². The Morgan fingerprint density at radius 2 is 1.74 bits per heavy atom. The van der Waals surface area contributed by atoms with Crippen LogP contribution in [0.2, 0.25) is 0 Å². The van der Waals surface area contributed by atoms with E-state index in [0.29, 0.717) is 0 Å². The predicted octanol–water partition coefficient (Wildman–Crippen LogP) is 4.94. The quantitative estimate of drug-likeness (QED) is 0.758. The lowest BCUT2D eigenvalue weighted by Gasteiger charge is -2.16. The van der Waals surface area contributed by atoms with Gasteiger partial charge in [-0.25, -0.2) is 0 Å². The molecule has 2 aliphatic carbocycles. The topological polar surface area (TPSA) is 20.2 Å². The zero-order valence-corrected chi connectivity index (χ0v) is 12.5. The van der Waals surface area contributed by atoms with Crippen molar-refractivity contribution in [2.45, 2.75) is 70.3 Å². The van der Waals surface area contributed by atoms with Gasteiger partial charge in [-0.15, -0.1) is 11.3 Å². The summed E-state index contributed by atoms with van der Waals surface area (Å²) in [5, 5.41) is 10.7. The second-order valence-corrected chi connectivity index (χ2v) is 7.11. The zero-order chi connectivity index (χ0) is 13.1. The highest BCUT2D eigenvalue weighted by Gasteiger charge is 2.20. The summed E-state index contributed by atoms with van der Waals surface area (Å²) in [5.41, 5.74) is 2.79. The van der Waals surface area contributed by atoms with Gasteiger partial charge >= 0.3 is 0 Å². The number of thiophene rings is 1. The van der Waals surface area contributed by atoms with Gasteiger partial charge in [-0.3, -0.25) is 0 Å². The molecule has 1 aromatic rings. The summed E-state index contributed by atoms with van der Waals surface area (Å²) < 4.78 is 0. The third kappa shape index (κ3) is 3.11. The average Bonchev–Trinajstić information content (AvgIpc) is 2.81. The van der Waals surface area contributed by atoms with E-state index in [1.807, 2.05) is 11.3 Å². The van der Waals surface area contributed by atoms with Crippen molar-refractivity contribution in [2.24, 2.45) is 0 Å². The lowest BCUT2D eigenvalue weighted by molar-refractivity contribution is 0.213. The van der Waals surface area contributed by atoms with Crippen LogP contribution in [0.4, 0.5) is 0 Å². The molecule has 0 aromatic carbocycles. The van der Waals surface area contributed by atoms with E-state index in [9.17, 15) is 5.11 Å². The fourth-order valence-electron chi connectivity index (χ4n) is 3.30. The Kier molecular flexibility index (Phi) is 4.39. The van der Waals surface area contributed by atoms with Crippen LogP contribution in [0.5, 0.6) is 0 Å². The maximum atomic E-state index is 10.7. The van der Waals surface area contributed by atoms with Crippen LogP contribution in [0.25, 0.3) is 0 Å². The second kappa shape index (κ2) is 6.23. The minimum Gasteiger partial charge on any atom is -0.383 e. The molecule has 0 bridgehead atoms. The number of aliphatic hydroxyl groups is 1. The summed E-state index contributed by atoms with van der Waals surface area (Å²) in [6.45, 7) is 0. The van der Waals surface area contributed by atoms with E-state index in [0.717, 1.165) is 12.8 Å². The number of allylic oxidation sites excluding steroid dienone is 1. The Morgan fingerprint density at radius 1 is 0.947 bits per heavy atom. The van der Waals surface area contributed by atoms with Crippen LogP contribution in [0.1, 0.15) is 72.8 Å². The molecule has 0 fully saturated rings. The Hall–Kier alpha value is -0.600. The fraction of sp³-hybridized carbons (Fsp3) is 0.647. The third-order valence-electron chi connectivity index (χ3n) is 4.46. The van der Waals surface area contributed by atoms with E-state index < -0.39 is 0 Å². The van der Waals surface area contributed by atoms with Gasteiger partial charge in [0.15, 0.2) is 0 Å². The van der Waals surface area contributed by atoms with E-state index in [1.165, 1.54) is 72.3 Å². The molecule has 1 atom stereocenters. The molecule has 0 radical (unpaired) electrons. The number of aryl methyl sites for hydroxylation is 2. The molecule has 1 N–H and O–H groups in total. The lowest BCUT2D eigenvalue weighted by Crippen LogP contribution is -2.02. The Morgan fingerprint density at radius 3 is 2.63 bits per heavy atom. The van der Waals surface area contributed by atoms with Gasteiger partial charge in [0.05, 0.1) is 0 Å². The van der Waals surface area contributed by atoms with Gasteiger partial charge < -0.3 is 5.11 Å². The second-order valence-electron chi connectivity index (χ2n) is 5.94. The summed E-state index contributed by atoms with van der Waals surface area (Å²) >= 11 is 1.86. The number of hydrogen-bond acceptors (Lipinski definition) is 2. The molecule has 0 saturated heterocycles. The number of rotatable bonds is 2. The van der Waals surface area contributed by atoms with Crippen LogP contribution >= 0.6 is 11.3 Å². The monoisotopic (exact) mass is 276 g/mol. The summed E-state index contributed by atoms with van der Waals surface area (Å²) in [6.07, 6.45) is 14.5. The molecular formula is C17H24OS. The summed E-state index contributed by atoms with van der Waals surface area (Å²) in [7, 11) is 0. The molecule has 0 aliphatic heterocycles. The highest BCUT2D eigenvalue weighted by Crippen LogP contribution is 2.37. The predicted molar refractivity (Wildman–Crippen MR) is 81.7 cm³/mol. The summed E-state index contributed by atoms with van der Waals surface area (Å²) in [5.74, 6) is 0. The van der Waals surface area contributed by atoms with Crippen molar-refractivity contribution in [3.8, 4) is 0 Å². The minimum absolute atomic E-state index is 0.325. The van der Waals surface area contributed by atoms with Gasteiger partial charge in [0.25, 0.3) is 0 Å². The number of hydrogen-bond donors (Lipinski definition) is 1. The SMILES string of the molecule is OC(C1=CCCCCCC1)c1cc2c(s1)CCCC2. The Bertz CT molecular complexity index is 434. The average molecular weight is 276 g/mol. The largest absolute Gasteiger partial charge is 0.383 e. The molecule has 2 aliphatic rings. The smallest absolute Gasteiger partial charge is 0.109 e. The molecule has 1 unspecified atom stereocenters. The van der Waals surface area contributed by atoms with Gasteiger partial charge in [0.1, 0.15) is 6.10 Å². The van der Waals surface area contributed by atoms with Gasteiger partial charge in [0, 0.05) is 9.75 Å². The van der Waals surface area contributed by atoms with E-state index in [-0.39, 0.29) is 6.10 Å². The first-order valence-corrected chi connectivity index (χ1v) is 8.65. The molecule has 0 saturated carbocycles. The molecule has 104 valence electrons. The van der Waals surface area contributed by atoms with Crippen molar-refractivity contribution in [2.75, 3.05) is 0 Å². The van der Waals surface area contributed by atoms with Crippen LogP contribution in [0.15, 0.2) is 17.7 Å². The lowest BCUT2D eigenvalue weighted by atomic mass is 9.94. The van der Waals surface area contributed by atoms with Crippen molar-refractivity contribution in [3.63, 3.8) is 0 Å². The molecule has 2 heteroatoms. The first kappa shape index (κ1) is 13.4. The van der Waals surface area contributed by atoms with Gasteiger partial charge in [-0.1, -0.05) is 18.9 Å². The van der Waals surface area contributed by atoms with E-state index in [4.69, 9.17) is 0 Å². The number of aliphatic hydroxyl groups excluding tert-OH is 1. The van der Waals surface area contributed by atoms with Crippen molar-refractivity contribution in [3.05, 3.63) is 33.0 Å². The fourth-order valence-corrected chi connectivity index (χ4v) is 4.58. The molecule has 0 amide bonds. The minimum atomic E-state index is -0.325. The number of fused-ring (bicyclic) bond motifs is 1. The van der Waals surface area contributed by atoms with Crippen molar-refractivity contribution >= 4 is 11.3 Å². The maximum absolute atomic E-state index is 10.7. The third-order valence-corrected chi connectivity index (χ3v) is 5.75. The van der Waals surface area contributed by atoms with Gasteiger partial charge in [-0.2, -0.15) is 0 Å². The maximum Gasteiger partial charge on any atom is 0.109 e. The molecule has 1 aromatic heterocycles. The molecule has 19 heavy (non-hydrogen) atoms. The van der Waals surface area contributed by atoms with Crippen LogP contribution in [0.3, 0.4) is 0 Å². The van der Waals surface area contributed by atoms with Crippen molar-refractivity contribution in [1.82, 2.24) is 0 Å². The first-order chi connectivity index (χ1) is 9.34. The van der Waals surface area contributed by atoms with E-state index >= 15 is 0 Å². The highest BCUT2D eigenvalue weighted by atomic mass is 32.1. The molecular weight excluding hydrogens is 252 g/mol. The van der Waals surface area contributed by atoms with Crippen LogP contribution in [-0.2, 0) is 12.8 Å². The van der Waals surface area contributed by atoms with Crippen molar-refractivity contribution in [1.29, 1.82) is 0 Å². The highest BCUT2D eigenvalue weighted by molar-refractivity contribution is 7.12. The first-order valence-electron chi connectivity index (χ1n) is 7.83. The van der Waals surface area contributed by atoms with Crippen LogP contribution in [-0.4, -0.2) is 5.11 Å². The molecule has 1 nitrogen and oxygen atoms in total. The normalized spacial score (nSPS) is 22.1. The summed E-state index contributed by atoms with van der Waals surface area (Å²) in [4.78, 5) is 2.73. The van der Waals surface area contributed by atoms with E-state index in [2.05, 4.69) is 12.1 Å².